The lowest BCUT2D eigenvalue weighted by Crippen LogP contribution is -2.20. The lowest BCUT2D eigenvalue weighted by molar-refractivity contribution is 0.126. The zero-order valence-corrected chi connectivity index (χ0v) is 10.5. The SMILES string of the molecule is CN(C)CCOCCNc1ccncc1Cl. The molecule has 0 unspecified atom stereocenters. The fourth-order valence-electron chi connectivity index (χ4n) is 1.13. The summed E-state index contributed by atoms with van der Waals surface area (Å²) in [7, 11) is 4.05. The van der Waals surface area contributed by atoms with Gasteiger partial charge in [-0.05, 0) is 20.2 Å². The first-order valence-corrected chi connectivity index (χ1v) is 5.64. The molecule has 0 saturated heterocycles. The maximum absolute atomic E-state index is 5.93. The van der Waals surface area contributed by atoms with Crippen LogP contribution >= 0.6 is 11.6 Å². The smallest absolute Gasteiger partial charge is 0.0820 e. The van der Waals surface area contributed by atoms with Crippen LogP contribution in [-0.4, -0.2) is 50.3 Å². The van der Waals surface area contributed by atoms with Crippen LogP contribution in [0.15, 0.2) is 18.5 Å². The second kappa shape index (κ2) is 7.44. The van der Waals surface area contributed by atoms with Gasteiger partial charge in [-0.25, -0.2) is 0 Å². The summed E-state index contributed by atoms with van der Waals surface area (Å²) < 4.78 is 5.44. The van der Waals surface area contributed by atoms with E-state index in [1.54, 1.807) is 12.4 Å². The summed E-state index contributed by atoms with van der Waals surface area (Å²) in [6.45, 7) is 3.11. The van der Waals surface area contributed by atoms with Crippen molar-refractivity contribution in [2.24, 2.45) is 0 Å². The van der Waals surface area contributed by atoms with Crippen LogP contribution in [0.1, 0.15) is 0 Å². The Labute approximate surface area is 102 Å². The highest BCUT2D eigenvalue weighted by Gasteiger charge is 1.97. The van der Waals surface area contributed by atoms with Gasteiger partial charge in [0.2, 0.25) is 0 Å². The van der Waals surface area contributed by atoms with Gasteiger partial charge in [0.1, 0.15) is 0 Å². The van der Waals surface area contributed by atoms with E-state index in [0.29, 0.717) is 11.6 Å². The minimum atomic E-state index is 0.635. The lowest BCUT2D eigenvalue weighted by atomic mass is 10.4. The molecular weight excluding hydrogens is 226 g/mol. The molecule has 1 aromatic rings. The van der Waals surface area contributed by atoms with Gasteiger partial charge in [-0.15, -0.1) is 0 Å². The Kier molecular flexibility index (Phi) is 6.15. The normalized spacial score (nSPS) is 10.8. The first-order valence-electron chi connectivity index (χ1n) is 5.26. The summed E-state index contributed by atoms with van der Waals surface area (Å²) in [5.74, 6) is 0. The number of ether oxygens (including phenoxy) is 1. The number of nitrogens with one attached hydrogen (secondary N) is 1. The van der Waals surface area contributed by atoms with E-state index in [2.05, 4.69) is 15.2 Å². The van der Waals surface area contributed by atoms with Gasteiger partial charge in [0, 0.05) is 25.5 Å². The highest BCUT2D eigenvalue weighted by molar-refractivity contribution is 6.33. The van der Waals surface area contributed by atoms with Crippen molar-refractivity contribution >= 4 is 17.3 Å². The Morgan fingerprint density at radius 3 is 2.94 bits per heavy atom. The fraction of sp³-hybridized carbons (Fsp3) is 0.545. The molecule has 0 aliphatic heterocycles. The van der Waals surface area contributed by atoms with Crippen molar-refractivity contribution in [3.63, 3.8) is 0 Å². The summed E-state index contributed by atoms with van der Waals surface area (Å²) in [6, 6.07) is 1.85. The van der Waals surface area contributed by atoms with Crippen molar-refractivity contribution in [1.82, 2.24) is 9.88 Å². The van der Waals surface area contributed by atoms with Gasteiger partial charge in [0.05, 0.1) is 23.9 Å². The van der Waals surface area contributed by atoms with Gasteiger partial charge in [-0.2, -0.15) is 0 Å². The Morgan fingerprint density at radius 1 is 1.44 bits per heavy atom. The van der Waals surface area contributed by atoms with Gasteiger partial charge >= 0.3 is 0 Å². The molecule has 0 fully saturated rings. The quantitative estimate of drug-likeness (QED) is 0.740. The number of halogens is 1. The molecule has 0 aliphatic carbocycles. The zero-order chi connectivity index (χ0) is 11.8. The number of nitrogens with zero attached hydrogens (tertiary/aromatic N) is 2. The predicted molar refractivity (Wildman–Crippen MR) is 67.1 cm³/mol. The van der Waals surface area contributed by atoms with Gasteiger partial charge < -0.3 is 15.0 Å². The maximum atomic E-state index is 5.93. The molecule has 16 heavy (non-hydrogen) atoms. The van der Waals surface area contributed by atoms with Crippen LogP contribution in [0, 0.1) is 0 Å². The molecule has 0 radical (unpaired) electrons. The van der Waals surface area contributed by atoms with Crippen LogP contribution in [0.4, 0.5) is 5.69 Å². The van der Waals surface area contributed by atoms with Crippen molar-refractivity contribution in [1.29, 1.82) is 0 Å². The minimum Gasteiger partial charge on any atom is -0.381 e. The van der Waals surface area contributed by atoms with Crippen LogP contribution in [0.3, 0.4) is 0 Å². The van der Waals surface area contributed by atoms with E-state index in [-0.39, 0.29) is 0 Å². The Hall–Kier alpha value is -0.840. The number of anilines is 1. The fourth-order valence-corrected chi connectivity index (χ4v) is 1.31. The third-order valence-electron chi connectivity index (χ3n) is 2.02. The average molecular weight is 244 g/mol. The molecule has 0 aromatic carbocycles. The number of hydrogen-bond acceptors (Lipinski definition) is 4. The van der Waals surface area contributed by atoms with Crippen molar-refractivity contribution in [3.05, 3.63) is 23.5 Å². The molecule has 0 spiro atoms. The Morgan fingerprint density at radius 2 is 2.25 bits per heavy atom. The Balaban J connectivity index is 2.10. The highest BCUT2D eigenvalue weighted by Crippen LogP contribution is 2.18. The van der Waals surface area contributed by atoms with Gasteiger partial charge in [-0.3, -0.25) is 4.98 Å². The van der Waals surface area contributed by atoms with E-state index >= 15 is 0 Å². The first kappa shape index (κ1) is 13.2. The summed E-state index contributed by atoms with van der Waals surface area (Å²) in [4.78, 5) is 6.00. The molecule has 0 amide bonds. The van der Waals surface area contributed by atoms with Gasteiger partial charge in [0.25, 0.3) is 0 Å². The predicted octanol–water partition coefficient (Wildman–Crippen LogP) is 1.73. The highest BCUT2D eigenvalue weighted by atomic mass is 35.5. The second-order valence-corrected chi connectivity index (χ2v) is 4.11. The zero-order valence-electron chi connectivity index (χ0n) is 9.74. The van der Waals surface area contributed by atoms with Crippen molar-refractivity contribution in [3.8, 4) is 0 Å². The van der Waals surface area contributed by atoms with E-state index in [4.69, 9.17) is 16.3 Å². The maximum Gasteiger partial charge on any atom is 0.0820 e. The van der Waals surface area contributed by atoms with E-state index in [0.717, 1.165) is 25.4 Å². The molecule has 0 aliphatic rings. The average Bonchev–Trinajstić information content (AvgIpc) is 2.25. The first-order chi connectivity index (χ1) is 7.70. The largest absolute Gasteiger partial charge is 0.381 e. The molecule has 1 heterocycles. The molecule has 90 valence electrons. The van der Waals surface area contributed by atoms with Crippen LogP contribution in [0.25, 0.3) is 0 Å². The third-order valence-corrected chi connectivity index (χ3v) is 2.32. The van der Waals surface area contributed by atoms with E-state index < -0.39 is 0 Å². The van der Waals surface area contributed by atoms with Crippen LogP contribution < -0.4 is 5.32 Å². The molecule has 0 saturated carbocycles. The number of aromatic nitrogens is 1. The third kappa shape index (κ3) is 5.30. The summed E-state index contributed by atoms with van der Waals surface area (Å²) in [5, 5.41) is 3.83. The molecule has 0 atom stereocenters. The molecule has 1 aromatic heterocycles. The van der Waals surface area contributed by atoms with E-state index in [1.807, 2.05) is 20.2 Å². The minimum absolute atomic E-state index is 0.635. The number of pyridine rings is 1. The summed E-state index contributed by atoms with van der Waals surface area (Å²) in [5.41, 5.74) is 0.896. The molecular formula is C11H18ClN3O. The van der Waals surface area contributed by atoms with Gasteiger partial charge in [-0.1, -0.05) is 11.6 Å². The van der Waals surface area contributed by atoms with Crippen molar-refractivity contribution in [2.75, 3.05) is 45.7 Å². The van der Waals surface area contributed by atoms with Crippen LogP contribution in [0.2, 0.25) is 5.02 Å². The van der Waals surface area contributed by atoms with Gasteiger partial charge in [0.15, 0.2) is 0 Å². The molecule has 1 rings (SSSR count). The Bertz CT molecular complexity index is 307. The lowest BCUT2D eigenvalue weighted by Gasteiger charge is -2.11. The summed E-state index contributed by atoms with van der Waals surface area (Å²) >= 11 is 5.93. The molecule has 0 bridgehead atoms. The van der Waals surface area contributed by atoms with Crippen LogP contribution in [-0.2, 0) is 4.74 Å². The molecule has 5 heteroatoms. The second-order valence-electron chi connectivity index (χ2n) is 3.70. The van der Waals surface area contributed by atoms with Crippen molar-refractivity contribution < 1.29 is 4.74 Å². The van der Waals surface area contributed by atoms with Crippen LogP contribution in [0.5, 0.6) is 0 Å². The summed E-state index contributed by atoms with van der Waals surface area (Å²) in [6.07, 6.45) is 3.33. The number of rotatable bonds is 7. The monoisotopic (exact) mass is 243 g/mol. The topological polar surface area (TPSA) is 37.4 Å². The number of likely N-dealkylation sites (N-methyl/N-ethyl adjacent to an activating group) is 1. The number of hydrogen-bond donors (Lipinski definition) is 1. The van der Waals surface area contributed by atoms with E-state index in [1.165, 1.54) is 0 Å². The van der Waals surface area contributed by atoms with Crippen molar-refractivity contribution in [2.45, 2.75) is 0 Å². The molecule has 4 nitrogen and oxygen atoms in total. The molecule has 1 N–H and O–H groups in total. The van der Waals surface area contributed by atoms with E-state index in [9.17, 15) is 0 Å². The standard InChI is InChI=1S/C11H18ClN3O/c1-15(2)6-8-16-7-5-14-11-3-4-13-9-10(11)12/h3-4,9H,5-8H2,1-2H3,(H,13,14).